The largest absolute Gasteiger partial charge is 0.338 e. The second-order valence-corrected chi connectivity index (χ2v) is 4.38. The molecule has 0 aliphatic carbocycles. The lowest BCUT2D eigenvalue weighted by Crippen LogP contribution is -2.26. The zero-order valence-electron chi connectivity index (χ0n) is 9.63. The van der Waals surface area contributed by atoms with E-state index in [-0.39, 0.29) is 17.5 Å². The van der Waals surface area contributed by atoms with Crippen molar-refractivity contribution in [3.05, 3.63) is 39.9 Å². The van der Waals surface area contributed by atoms with Gasteiger partial charge in [-0.2, -0.15) is 0 Å². The van der Waals surface area contributed by atoms with Gasteiger partial charge in [0.2, 0.25) is 5.91 Å². The zero-order chi connectivity index (χ0) is 12.4. The molecule has 1 aliphatic rings. The fourth-order valence-electron chi connectivity index (χ4n) is 2.04. The average molecular weight is 234 g/mol. The molecule has 5 nitrogen and oxygen atoms in total. The summed E-state index contributed by atoms with van der Waals surface area (Å²) in [5, 5.41) is 10.6. The van der Waals surface area contributed by atoms with Crippen molar-refractivity contribution in [2.24, 2.45) is 5.92 Å². The number of carbonyl (C=O) groups is 1. The highest BCUT2D eigenvalue weighted by molar-refractivity contribution is 5.80. The Kier molecular flexibility index (Phi) is 3.08. The van der Waals surface area contributed by atoms with Gasteiger partial charge in [0.25, 0.3) is 5.69 Å². The second kappa shape index (κ2) is 4.53. The van der Waals surface area contributed by atoms with Crippen LogP contribution in [0.25, 0.3) is 0 Å². The third-order valence-corrected chi connectivity index (χ3v) is 3.06. The van der Waals surface area contributed by atoms with Crippen molar-refractivity contribution in [2.75, 3.05) is 6.54 Å². The highest BCUT2D eigenvalue weighted by Crippen LogP contribution is 2.21. The normalized spacial score (nSPS) is 19.7. The first-order valence-corrected chi connectivity index (χ1v) is 5.60. The van der Waals surface area contributed by atoms with Crippen molar-refractivity contribution in [1.82, 2.24) is 4.90 Å². The van der Waals surface area contributed by atoms with E-state index in [0.717, 1.165) is 18.5 Å². The van der Waals surface area contributed by atoms with Gasteiger partial charge in [-0.25, -0.2) is 0 Å². The predicted octanol–water partition coefficient (Wildman–Crippen LogP) is 1.96. The summed E-state index contributed by atoms with van der Waals surface area (Å²) in [5.74, 6) is 0.213. The molecule has 1 amide bonds. The minimum atomic E-state index is -0.419. The van der Waals surface area contributed by atoms with Crippen LogP contribution in [-0.2, 0) is 11.3 Å². The Bertz CT molecular complexity index is 459. The molecule has 1 saturated heterocycles. The molecule has 1 atom stereocenters. The molecule has 17 heavy (non-hydrogen) atoms. The SMILES string of the molecule is CC1CCN(Cc2cccc([N+](=O)[O-])c2)C1=O. The highest BCUT2D eigenvalue weighted by atomic mass is 16.6. The van der Waals surface area contributed by atoms with E-state index >= 15 is 0 Å². The number of rotatable bonds is 3. The van der Waals surface area contributed by atoms with Crippen LogP contribution in [0.5, 0.6) is 0 Å². The van der Waals surface area contributed by atoms with Crippen molar-refractivity contribution < 1.29 is 9.72 Å². The molecule has 0 N–H and O–H groups in total. The summed E-state index contributed by atoms with van der Waals surface area (Å²) in [4.78, 5) is 23.7. The standard InChI is InChI=1S/C12H14N2O3/c1-9-5-6-13(12(9)15)8-10-3-2-4-11(7-10)14(16)17/h2-4,7,9H,5-6,8H2,1H3. The molecule has 0 saturated carbocycles. The number of hydrogen-bond acceptors (Lipinski definition) is 3. The van der Waals surface area contributed by atoms with Crippen LogP contribution in [0.2, 0.25) is 0 Å². The van der Waals surface area contributed by atoms with Gasteiger partial charge in [0.1, 0.15) is 0 Å². The van der Waals surface area contributed by atoms with Crippen LogP contribution in [0.4, 0.5) is 5.69 Å². The van der Waals surface area contributed by atoms with Gasteiger partial charge in [-0.1, -0.05) is 19.1 Å². The molecule has 2 rings (SSSR count). The first-order chi connectivity index (χ1) is 8.08. The number of carbonyl (C=O) groups excluding carboxylic acids is 1. The minimum absolute atomic E-state index is 0.0715. The van der Waals surface area contributed by atoms with Gasteiger partial charge in [-0.05, 0) is 12.0 Å². The topological polar surface area (TPSA) is 63.4 Å². The molecular formula is C12H14N2O3. The molecule has 0 radical (unpaired) electrons. The summed E-state index contributed by atoms with van der Waals surface area (Å²) in [5.41, 5.74) is 0.879. The summed E-state index contributed by atoms with van der Waals surface area (Å²) in [6.07, 6.45) is 0.869. The number of likely N-dealkylation sites (tertiary alicyclic amines) is 1. The Morgan fingerprint density at radius 2 is 2.29 bits per heavy atom. The number of nitrogens with zero attached hydrogens (tertiary/aromatic N) is 2. The molecular weight excluding hydrogens is 220 g/mol. The van der Waals surface area contributed by atoms with E-state index in [0.29, 0.717) is 6.54 Å². The lowest BCUT2D eigenvalue weighted by atomic mass is 10.1. The van der Waals surface area contributed by atoms with Gasteiger partial charge in [-0.15, -0.1) is 0 Å². The average Bonchev–Trinajstić information content (AvgIpc) is 2.61. The Balaban J connectivity index is 2.11. The molecule has 1 aromatic carbocycles. The maximum absolute atomic E-state index is 11.7. The van der Waals surface area contributed by atoms with Crippen molar-refractivity contribution in [3.63, 3.8) is 0 Å². The highest BCUT2D eigenvalue weighted by Gasteiger charge is 2.27. The molecule has 0 aromatic heterocycles. The fourth-order valence-corrected chi connectivity index (χ4v) is 2.04. The van der Waals surface area contributed by atoms with E-state index < -0.39 is 4.92 Å². The van der Waals surface area contributed by atoms with Crippen LogP contribution in [0.3, 0.4) is 0 Å². The number of amides is 1. The first-order valence-electron chi connectivity index (χ1n) is 5.60. The van der Waals surface area contributed by atoms with Crippen LogP contribution in [-0.4, -0.2) is 22.3 Å². The van der Waals surface area contributed by atoms with Gasteiger partial charge in [0.15, 0.2) is 0 Å². The van der Waals surface area contributed by atoms with Gasteiger partial charge in [-0.3, -0.25) is 14.9 Å². The van der Waals surface area contributed by atoms with E-state index in [2.05, 4.69) is 0 Å². The van der Waals surface area contributed by atoms with Crippen LogP contribution >= 0.6 is 0 Å². The Morgan fingerprint density at radius 1 is 1.53 bits per heavy atom. The molecule has 1 aromatic rings. The van der Waals surface area contributed by atoms with E-state index in [1.54, 1.807) is 11.0 Å². The zero-order valence-corrected chi connectivity index (χ0v) is 9.63. The maximum Gasteiger partial charge on any atom is 0.269 e. The first kappa shape index (κ1) is 11.6. The molecule has 1 unspecified atom stereocenters. The van der Waals surface area contributed by atoms with Crippen molar-refractivity contribution in [2.45, 2.75) is 19.9 Å². The number of benzene rings is 1. The number of non-ortho nitro benzene ring substituents is 1. The third-order valence-electron chi connectivity index (χ3n) is 3.06. The number of nitro benzene ring substituents is 1. The Hall–Kier alpha value is -1.91. The summed E-state index contributed by atoms with van der Waals surface area (Å²) < 4.78 is 0. The van der Waals surface area contributed by atoms with Crippen molar-refractivity contribution in [3.8, 4) is 0 Å². The van der Waals surface area contributed by atoms with E-state index in [1.807, 2.05) is 13.0 Å². The molecule has 90 valence electrons. The van der Waals surface area contributed by atoms with Gasteiger partial charge in [0, 0.05) is 31.1 Å². The van der Waals surface area contributed by atoms with Crippen LogP contribution in [0.1, 0.15) is 18.9 Å². The van der Waals surface area contributed by atoms with Crippen LogP contribution in [0.15, 0.2) is 24.3 Å². The van der Waals surface area contributed by atoms with E-state index in [1.165, 1.54) is 12.1 Å². The van der Waals surface area contributed by atoms with Gasteiger partial charge < -0.3 is 4.90 Å². The molecule has 1 heterocycles. The van der Waals surface area contributed by atoms with E-state index in [9.17, 15) is 14.9 Å². The summed E-state index contributed by atoms with van der Waals surface area (Å²) in [6, 6.07) is 6.44. The van der Waals surface area contributed by atoms with Crippen LogP contribution in [0, 0.1) is 16.0 Å². The van der Waals surface area contributed by atoms with Crippen molar-refractivity contribution >= 4 is 11.6 Å². The summed E-state index contributed by atoms with van der Waals surface area (Å²) >= 11 is 0. The van der Waals surface area contributed by atoms with Crippen molar-refractivity contribution in [1.29, 1.82) is 0 Å². The molecule has 0 spiro atoms. The fraction of sp³-hybridized carbons (Fsp3) is 0.417. The molecule has 1 aliphatic heterocycles. The minimum Gasteiger partial charge on any atom is -0.338 e. The maximum atomic E-state index is 11.7. The molecule has 1 fully saturated rings. The quantitative estimate of drug-likeness (QED) is 0.593. The number of nitro groups is 1. The summed E-state index contributed by atoms with van der Waals surface area (Å²) in [6.45, 7) is 3.11. The Morgan fingerprint density at radius 3 is 2.88 bits per heavy atom. The molecule has 5 heteroatoms. The third kappa shape index (κ3) is 2.43. The smallest absolute Gasteiger partial charge is 0.269 e. The monoisotopic (exact) mass is 234 g/mol. The van der Waals surface area contributed by atoms with Gasteiger partial charge >= 0.3 is 0 Å². The lowest BCUT2D eigenvalue weighted by molar-refractivity contribution is -0.384. The van der Waals surface area contributed by atoms with Crippen LogP contribution < -0.4 is 0 Å². The lowest BCUT2D eigenvalue weighted by Gasteiger charge is -2.15. The van der Waals surface area contributed by atoms with Gasteiger partial charge in [0.05, 0.1) is 4.92 Å². The number of hydrogen-bond donors (Lipinski definition) is 0. The summed E-state index contributed by atoms with van der Waals surface area (Å²) in [7, 11) is 0. The second-order valence-electron chi connectivity index (χ2n) is 4.38. The predicted molar refractivity (Wildman–Crippen MR) is 62.3 cm³/mol. The van der Waals surface area contributed by atoms with E-state index in [4.69, 9.17) is 0 Å². The molecule has 0 bridgehead atoms. The Labute approximate surface area is 99.2 Å².